The van der Waals surface area contributed by atoms with Crippen LogP contribution in [0.2, 0.25) is 0 Å². The summed E-state index contributed by atoms with van der Waals surface area (Å²) in [5.74, 6) is -0.128. The molecule has 1 saturated heterocycles. The number of sulfonamides is 1. The lowest BCUT2D eigenvalue weighted by Crippen LogP contribution is -2.33. The Bertz CT molecular complexity index is 952. The maximum atomic E-state index is 12.9. The Kier molecular flexibility index (Phi) is 6.76. The number of anilines is 1. The predicted molar refractivity (Wildman–Crippen MR) is 113 cm³/mol. The molecular formula is C21H27N3O4S. The minimum atomic E-state index is -3.92. The molecular weight excluding hydrogens is 390 g/mol. The number of nitrogens with one attached hydrogen (secondary N) is 2. The first-order valence-corrected chi connectivity index (χ1v) is 11.2. The Labute approximate surface area is 172 Å². The fraction of sp³-hybridized carbons (Fsp3) is 0.381. The highest BCUT2D eigenvalue weighted by Crippen LogP contribution is 2.27. The van der Waals surface area contributed by atoms with E-state index in [1.165, 1.54) is 32.1 Å². The zero-order chi connectivity index (χ0) is 20.9. The third kappa shape index (κ3) is 5.48. The van der Waals surface area contributed by atoms with Gasteiger partial charge in [0, 0.05) is 24.3 Å². The molecule has 8 heteroatoms. The van der Waals surface area contributed by atoms with Crippen LogP contribution in [0.4, 0.5) is 5.69 Å². The smallest absolute Gasteiger partial charge is 0.265 e. The number of rotatable bonds is 8. The number of methoxy groups -OCH3 is 1. The highest BCUT2D eigenvalue weighted by atomic mass is 32.2. The lowest BCUT2D eigenvalue weighted by atomic mass is 10.2. The van der Waals surface area contributed by atoms with E-state index in [9.17, 15) is 13.2 Å². The first kappa shape index (κ1) is 21.1. The summed E-state index contributed by atoms with van der Waals surface area (Å²) >= 11 is 0. The van der Waals surface area contributed by atoms with Crippen LogP contribution in [0, 0.1) is 6.92 Å². The molecule has 2 aromatic rings. The highest BCUT2D eigenvalue weighted by molar-refractivity contribution is 7.92. The van der Waals surface area contributed by atoms with Crippen molar-refractivity contribution in [3.05, 3.63) is 53.6 Å². The van der Waals surface area contributed by atoms with Crippen LogP contribution in [-0.2, 0) is 10.0 Å². The van der Waals surface area contributed by atoms with Crippen LogP contribution in [-0.4, -0.2) is 52.5 Å². The van der Waals surface area contributed by atoms with Crippen molar-refractivity contribution in [2.24, 2.45) is 0 Å². The monoisotopic (exact) mass is 417 g/mol. The molecule has 1 fully saturated rings. The maximum Gasteiger partial charge on any atom is 0.265 e. The van der Waals surface area contributed by atoms with Crippen molar-refractivity contribution in [3.8, 4) is 5.75 Å². The second-order valence-corrected chi connectivity index (χ2v) is 8.79. The Balaban J connectivity index is 1.74. The summed E-state index contributed by atoms with van der Waals surface area (Å²) in [7, 11) is -2.52. The topological polar surface area (TPSA) is 87.7 Å². The summed E-state index contributed by atoms with van der Waals surface area (Å²) < 4.78 is 33.6. The number of nitrogens with zero attached hydrogens (tertiary/aromatic N) is 1. The number of carbonyl (C=O) groups excluding carboxylic acids is 1. The zero-order valence-electron chi connectivity index (χ0n) is 16.8. The lowest BCUT2D eigenvalue weighted by Gasteiger charge is -2.15. The van der Waals surface area contributed by atoms with Gasteiger partial charge < -0.3 is 15.0 Å². The average molecular weight is 418 g/mol. The van der Waals surface area contributed by atoms with Crippen molar-refractivity contribution in [3.63, 3.8) is 0 Å². The first-order chi connectivity index (χ1) is 13.9. The first-order valence-electron chi connectivity index (χ1n) is 9.67. The number of benzene rings is 2. The van der Waals surface area contributed by atoms with Gasteiger partial charge in [0.25, 0.3) is 15.9 Å². The van der Waals surface area contributed by atoms with Gasteiger partial charge in [-0.05, 0) is 63.2 Å². The Hall–Kier alpha value is -2.58. The van der Waals surface area contributed by atoms with E-state index in [4.69, 9.17) is 4.74 Å². The van der Waals surface area contributed by atoms with Crippen molar-refractivity contribution in [2.45, 2.75) is 24.7 Å². The minimum Gasteiger partial charge on any atom is -0.495 e. The van der Waals surface area contributed by atoms with Gasteiger partial charge in [0.2, 0.25) is 0 Å². The summed E-state index contributed by atoms with van der Waals surface area (Å²) in [5, 5.41) is 2.86. The Morgan fingerprint density at radius 3 is 2.45 bits per heavy atom. The number of likely N-dealkylation sites (tertiary alicyclic amines) is 1. The van der Waals surface area contributed by atoms with Gasteiger partial charge in [-0.2, -0.15) is 0 Å². The van der Waals surface area contributed by atoms with Crippen LogP contribution in [0.15, 0.2) is 47.4 Å². The molecule has 1 aliphatic heterocycles. The van der Waals surface area contributed by atoms with E-state index < -0.39 is 10.0 Å². The van der Waals surface area contributed by atoms with E-state index in [1.807, 2.05) is 19.1 Å². The van der Waals surface area contributed by atoms with E-state index in [-0.39, 0.29) is 22.1 Å². The second kappa shape index (κ2) is 9.28. The van der Waals surface area contributed by atoms with Crippen molar-refractivity contribution in [1.29, 1.82) is 0 Å². The molecule has 7 nitrogen and oxygen atoms in total. The van der Waals surface area contributed by atoms with Crippen molar-refractivity contribution in [1.82, 2.24) is 10.2 Å². The number of amides is 1. The SMILES string of the molecule is COc1ccc(C(=O)NCCN2CCCC2)cc1S(=O)(=O)Nc1ccc(C)cc1. The molecule has 0 spiro atoms. The molecule has 3 rings (SSSR count). The molecule has 0 aromatic heterocycles. The summed E-state index contributed by atoms with van der Waals surface area (Å²) in [6.45, 7) is 5.36. The maximum absolute atomic E-state index is 12.9. The molecule has 2 N–H and O–H groups in total. The van der Waals surface area contributed by atoms with Gasteiger partial charge in [-0.3, -0.25) is 9.52 Å². The average Bonchev–Trinajstić information content (AvgIpc) is 3.22. The summed E-state index contributed by atoms with van der Waals surface area (Å²) in [6, 6.07) is 11.4. The quantitative estimate of drug-likeness (QED) is 0.689. The van der Waals surface area contributed by atoms with E-state index in [0.29, 0.717) is 12.2 Å². The highest BCUT2D eigenvalue weighted by Gasteiger charge is 2.22. The Morgan fingerprint density at radius 1 is 1.10 bits per heavy atom. The van der Waals surface area contributed by atoms with Crippen LogP contribution in [0.3, 0.4) is 0 Å². The van der Waals surface area contributed by atoms with Crippen LogP contribution in [0.25, 0.3) is 0 Å². The van der Waals surface area contributed by atoms with Crippen LogP contribution >= 0.6 is 0 Å². The van der Waals surface area contributed by atoms with Gasteiger partial charge in [0.1, 0.15) is 10.6 Å². The van der Waals surface area contributed by atoms with Crippen molar-refractivity contribution < 1.29 is 17.9 Å². The zero-order valence-corrected chi connectivity index (χ0v) is 17.6. The third-order valence-electron chi connectivity index (χ3n) is 4.93. The lowest BCUT2D eigenvalue weighted by molar-refractivity contribution is 0.0949. The fourth-order valence-electron chi connectivity index (χ4n) is 3.30. The number of carbonyl (C=O) groups is 1. The van der Waals surface area contributed by atoms with E-state index in [0.717, 1.165) is 25.2 Å². The number of ether oxygens (including phenoxy) is 1. The number of hydrogen-bond acceptors (Lipinski definition) is 5. The minimum absolute atomic E-state index is 0.0761. The van der Waals surface area contributed by atoms with Crippen LogP contribution in [0.1, 0.15) is 28.8 Å². The fourth-order valence-corrected chi connectivity index (χ4v) is 4.55. The predicted octanol–water partition coefficient (Wildman–Crippen LogP) is 2.63. The normalized spacial score (nSPS) is 14.6. The van der Waals surface area contributed by atoms with Gasteiger partial charge in [0.15, 0.2) is 0 Å². The summed E-state index contributed by atoms with van der Waals surface area (Å²) in [4.78, 5) is 14.7. The van der Waals surface area contributed by atoms with Gasteiger partial charge in [-0.15, -0.1) is 0 Å². The third-order valence-corrected chi connectivity index (χ3v) is 6.33. The number of aryl methyl sites for hydroxylation is 1. The molecule has 1 aliphatic rings. The van der Waals surface area contributed by atoms with Crippen molar-refractivity contribution >= 4 is 21.6 Å². The van der Waals surface area contributed by atoms with Gasteiger partial charge in [0.05, 0.1) is 7.11 Å². The van der Waals surface area contributed by atoms with E-state index >= 15 is 0 Å². The molecule has 0 atom stereocenters. The van der Waals surface area contributed by atoms with Gasteiger partial charge in [-0.1, -0.05) is 17.7 Å². The molecule has 0 saturated carbocycles. The molecule has 156 valence electrons. The summed E-state index contributed by atoms with van der Waals surface area (Å²) in [6.07, 6.45) is 2.39. The second-order valence-electron chi connectivity index (χ2n) is 7.14. The van der Waals surface area contributed by atoms with E-state index in [2.05, 4.69) is 14.9 Å². The largest absolute Gasteiger partial charge is 0.495 e. The van der Waals surface area contributed by atoms with E-state index in [1.54, 1.807) is 18.2 Å². The number of hydrogen-bond donors (Lipinski definition) is 2. The molecule has 1 amide bonds. The summed E-state index contributed by atoms with van der Waals surface area (Å²) in [5.41, 5.74) is 1.74. The van der Waals surface area contributed by atoms with Gasteiger partial charge in [-0.25, -0.2) is 8.42 Å². The molecule has 0 aliphatic carbocycles. The molecule has 2 aromatic carbocycles. The Morgan fingerprint density at radius 2 is 1.79 bits per heavy atom. The molecule has 0 unspecified atom stereocenters. The van der Waals surface area contributed by atoms with Crippen LogP contribution in [0.5, 0.6) is 5.75 Å². The molecule has 29 heavy (non-hydrogen) atoms. The van der Waals surface area contributed by atoms with Crippen LogP contribution < -0.4 is 14.8 Å². The van der Waals surface area contributed by atoms with Crippen molar-refractivity contribution in [2.75, 3.05) is 38.0 Å². The van der Waals surface area contributed by atoms with Gasteiger partial charge >= 0.3 is 0 Å². The molecule has 1 heterocycles. The molecule has 0 bridgehead atoms. The standard InChI is InChI=1S/C21H27N3O4S/c1-16-5-8-18(9-6-16)23-29(26,27)20-15-17(7-10-19(20)28-2)21(25)22-11-14-24-12-3-4-13-24/h5-10,15,23H,3-4,11-14H2,1-2H3,(H,22,25). The molecule has 0 radical (unpaired) electrons.